The average Bonchev–Trinajstić information content (AvgIpc) is 3.19. The minimum Gasteiger partial charge on any atom is -0.396 e. The van der Waals surface area contributed by atoms with Crippen LogP contribution in [0.5, 0.6) is 0 Å². The van der Waals surface area contributed by atoms with Crippen LogP contribution in [0.3, 0.4) is 0 Å². The van der Waals surface area contributed by atoms with Crippen molar-refractivity contribution in [3.63, 3.8) is 0 Å². The van der Waals surface area contributed by atoms with Gasteiger partial charge in [-0.2, -0.15) is 5.10 Å². The average molecular weight is 319 g/mol. The largest absolute Gasteiger partial charge is 0.396 e. The van der Waals surface area contributed by atoms with E-state index in [1.165, 1.54) is 12.5 Å². The number of ketones is 1. The first-order chi connectivity index (χ1) is 11.1. The van der Waals surface area contributed by atoms with Crippen LogP contribution in [0, 0.1) is 11.8 Å². The van der Waals surface area contributed by atoms with Gasteiger partial charge in [-0.3, -0.25) is 9.89 Å². The Bertz CT molecular complexity index is 678. The number of aliphatic hydroxyl groups is 1. The number of nitrogens with one attached hydrogen (secondary N) is 2. The van der Waals surface area contributed by atoms with E-state index < -0.39 is 12.2 Å². The Labute approximate surface area is 132 Å². The molecule has 23 heavy (non-hydrogen) atoms. The van der Waals surface area contributed by atoms with Gasteiger partial charge < -0.3 is 10.4 Å². The Kier molecular flexibility index (Phi) is 4.33. The number of rotatable bonds is 5. The quantitative estimate of drug-likeness (QED) is 0.715. The third-order valence-corrected chi connectivity index (χ3v) is 4.43. The molecule has 122 valence electrons. The van der Waals surface area contributed by atoms with E-state index in [1.807, 2.05) is 0 Å². The van der Waals surface area contributed by atoms with Crippen LogP contribution in [0.1, 0.15) is 29.4 Å². The summed E-state index contributed by atoms with van der Waals surface area (Å²) in [5.41, 5.74) is 0.486. The molecule has 0 unspecified atom stereocenters. The fourth-order valence-corrected chi connectivity index (χ4v) is 2.99. The zero-order valence-corrected chi connectivity index (χ0v) is 12.6. The number of H-pyrrole nitrogens is 1. The zero-order chi connectivity index (χ0) is 16.4. The number of aromatic amines is 1. The summed E-state index contributed by atoms with van der Waals surface area (Å²) >= 11 is 0. The van der Waals surface area contributed by atoms with Crippen LogP contribution in [0.15, 0.2) is 24.8 Å². The molecule has 0 bridgehead atoms. The first-order valence-corrected chi connectivity index (χ1v) is 7.47. The van der Waals surface area contributed by atoms with Crippen LogP contribution in [0.4, 0.5) is 10.2 Å². The molecule has 2 aromatic heterocycles. The van der Waals surface area contributed by atoms with Gasteiger partial charge in [0.1, 0.15) is 24.0 Å². The van der Waals surface area contributed by atoms with Gasteiger partial charge in [-0.05, 0) is 24.3 Å². The number of anilines is 1. The Morgan fingerprint density at radius 1 is 1.57 bits per heavy atom. The summed E-state index contributed by atoms with van der Waals surface area (Å²) in [5.74, 6) is -0.402. The number of nitrogens with zero attached hydrogens (tertiary/aromatic N) is 3. The van der Waals surface area contributed by atoms with Gasteiger partial charge in [-0.15, -0.1) is 0 Å². The highest BCUT2D eigenvalue weighted by molar-refractivity contribution is 6.10. The van der Waals surface area contributed by atoms with Crippen molar-refractivity contribution in [1.82, 2.24) is 20.2 Å². The van der Waals surface area contributed by atoms with Gasteiger partial charge in [0.2, 0.25) is 5.78 Å². The van der Waals surface area contributed by atoms with E-state index in [4.69, 9.17) is 0 Å². The standard InChI is InChI=1S/C15H18FN5O2/c1-8-9(6-22)4-12(13(8)16)20-15-10(5-17-7-18-15)14(23)11-2-3-19-21-11/h2-3,5,7-9,12-13,22H,4,6H2,1H3,(H,19,21)(H,17,18,20)/t8-,9-,12-,13+/m1/s1. The second kappa shape index (κ2) is 6.41. The number of carbonyl (C=O) groups is 1. The van der Waals surface area contributed by atoms with Gasteiger partial charge in [0, 0.05) is 19.0 Å². The lowest BCUT2D eigenvalue weighted by Crippen LogP contribution is -2.29. The Morgan fingerprint density at radius 2 is 2.39 bits per heavy atom. The van der Waals surface area contributed by atoms with Crippen molar-refractivity contribution in [2.45, 2.75) is 25.6 Å². The molecule has 8 heteroatoms. The van der Waals surface area contributed by atoms with Gasteiger partial charge in [0.05, 0.1) is 11.6 Å². The highest BCUT2D eigenvalue weighted by atomic mass is 19.1. The summed E-state index contributed by atoms with van der Waals surface area (Å²) < 4.78 is 14.4. The Hall–Kier alpha value is -2.35. The van der Waals surface area contributed by atoms with Crippen molar-refractivity contribution in [1.29, 1.82) is 0 Å². The SMILES string of the molecule is C[C@@H]1[C@@H](CO)C[C@@H](Nc2ncncc2C(=O)c2cc[nH]n2)[C@H]1F. The molecule has 1 saturated carbocycles. The lowest BCUT2D eigenvalue weighted by molar-refractivity contribution is 0.103. The van der Waals surface area contributed by atoms with Crippen molar-refractivity contribution in [3.8, 4) is 0 Å². The second-order valence-electron chi connectivity index (χ2n) is 5.81. The predicted octanol–water partition coefficient (Wildman–Crippen LogP) is 1.20. The lowest BCUT2D eigenvalue weighted by atomic mass is 9.99. The smallest absolute Gasteiger partial charge is 0.218 e. The third kappa shape index (κ3) is 2.94. The van der Waals surface area contributed by atoms with Crippen molar-refractivity contribution in [2.24, 2.45) is 11.8 Å². The maximum Gasteiger partial charge on any atom is 0.218 e. The van der Waals surface area contributed by atoms with E-state index in [9.17, 15) is 14.3 Å². The van der Waals surface area contributed by atoms with Crippen LogP contribution in [-0.2, 0) is 0 Å². The summed E-state index contributed by atoms with van der Waals surface area (Å²) in [6.45, 7) is 1.73. The molecular formula is C15H18FN5O2. The van der Waals surface area contributed by atoms with Crippen molar-refractivity contribution in [3.05, 3.63) is 36.0 Å². The maximum atomic E-state index is 14.4. The van der Waals surface area contributed by atoms with Gasteiger partial charge in [0.25, 0.3) is 0 Å². The molecule has 0 aliphatic heterocycles. The molecule has 1 aliphatic rings. The summed E-state index contributed by atoms with van der Waals surface area (Å²) in [5, 5.41) is 18.8. The summed E-state index contributed by atoms with van der Waals surface area (Å²) in [7, 11) is 0. The second-order valence-corrected chi connectivity index (χ2v) is 5.81. The molecular weight excluding hydrogens is 301 g/mol. The molecule has 0 spiro atoms. The lowest BCUT2D eigenvalue weighted by Gasteiger charge is -2.18. The number of alkyl halides is 1. The molecule has 0 amide bonds. The van der Waals surface area contributed by atoms with E-state index in [2.05, 4.69) is 25.5 Å². The molecule has 0 aromatic carbocycles. The summed E-state index contributed by atoms with van der Waals surface area (Å²) in [6, 6.07) is 1.05. The van der Waals surface area contributed by atoms with E-state index in [1.54, 1.807) is 19.2 Å². The van der Waals surface area contributed by atoms with E-state index in [0.717, 1.165) is 0 Å². The highest BCUT2D eigenvalue weighted by Crippen LogP contribution is 2.35. The van der Waals surface area contributed by atoms with Gasteiger partial charge in [0.15, 0.2) is 0 Å². The van der Waals surface area contributed by atoms with Gasteiger partial charge >= 0.3 is 0 Å². The molecule has 3 N–H and O–H groups in total. The normalized spacial score (nSPS) is 27.1. The van der Waals surface area contributed by atoms with Crippen LogP contribution in [0.25, 0.3) is 0 Å². The fraction of sp³-hybridized carbons (Fsp3) is 0.467. The van der Waals surface area contributed by atoms with E-state index in [-0.39, 0.29) is 41.3 Å². The minimum absolute atomic E-state index is 0.0530. The summed E-state index contributed by atoms with van der Waals surface area (Å²) in [4.78, 5) is 20.4. The number of halogens is 1. The molecule has 1 aliphatic carbocycles. The van der Waals surface area contributed by atoms with Crippen LogP contribution in [0.2, 0.25) is 0 Å². The van der Waals surface area contributed by atoms with Crippen LogP contribution in [-0.4, -0.2) is 49.9 Å². The van der Waals surface area contributed by atoms with Gasteiger partial charge in [-0.25, -0.2) is 14.4 Å². The van der Waals surface area contributed by atoms with E-state index >= 15 is 0 Å². The number of carbonyl (C=O) groups excluding carboxylic acids is 1. The van der Waals surface area contributed by atoms with Crippen molar-refractivity contribution < 1.29 is 14.3 Å². The molecule has 0 radical (unpaired) electrons. The van der Waals surface area contributed by atoms with Crippen molar-refractivity contribution >= 4 is 11.6 Å². The monoisotopic (exact) mass is 319 g/mol. The zero-order valence-electron chi connectivity index (χ0n) is 12.6. The Morgan fingerprint density at radius 3 is 3.04 bits per heavy atom. The predicted molar refractivity (Wildman–Crippen MR) is 80.7 cm³/mol. The fourth-order valence-electron chi connectivity index (χ4n) is 2.99. The first kappa shape index (κ1) is 15.5. The molecule has 1 fully saturated rings. The molecule has 4 atom stereocenters. The minimum atomic E-state index is -1.12. The molecule has 7 nitrogen and oxygen atoms in total. The number of hydrogen-bond acceptors (Lipinski definition) is 6. The van der Waals surface area contributed by atoms with Crippen molar-refractivity contribution in [2.75, 3.05) is 11.9 Å². The maximum absolute atomic E-state index is 14.4. The Balaban J connectivity index is 1.83. The topological polar surface area (TPSA) is 104 Å². The number of aliphatic hydroxyl groups excluding tert-OH is 1. The first-order valence-electron chi connectivity index (χ1n) is 7.47. The molecule has 2 aromatic rings. The van der Waals surface area contributed by atoms with Crippen LogP contribution < -0.4 is 5.32 Å². The third-order valence-electron chi connectivity index (χ3n) is 4.43. The summed E-state index contributed by atoms with van der Waals surface area (Å²) in [6.07, 6.45) is 3.61. The molecule has 0 saturated heterocycles. The highest BCUT2D eigenvalue weighted by Gasteiger charge is 2.41. The number of hydrogen-bond donors (Lipinski definition) is 3. The van der Waals surface area contributed by atoms with Gasteiger partial charge in [-0.1, -0.05) is 6.92 Å². The molecule has 3 rings (SSSR count). The van der Waals surface area contributed by atoms with Crippen LogP contribution >= 0.6 is 0 Å². The van der Waals surface area contributed by atoms with E-state index in [0.29, 0.717) is 6.42 Å². The number of aromatic nitrogens is 4. The molecule has 2 heterocycles.